The number of imidazole rings is 1. The molecule has 1 unspecified atom stereocenters. The van der Waals surface area contributed by atoms with Crippen LogP contribution >= 0.6 is 0 Å². The van der Waals surface area contributed by atoms with E-state index >= 15 is 0 Å². The van der Waals surface area contributed by atoms with Gasteiger partial charge in [0, 0.05) is 18.4 Å². The van der Waals surface area contributed by atoms with Crippen molar-refractivity contribution < 1.29 is 4.79 Å². The summed E-state index contributed by atoms with van der Waals surface area (Å²) in [7, 11) is 0. The summed E-state index contributed by atoms with van der Waals surface area (Å²) in [4.78, 5) is 28.0. The van der Waals surface area contributed by atoms with Crippen molar-refractivity contribution in [2.45, 2.75) is 32.2 Å². The first-order valence-corrected chi connectivity index (χ1v) is 8.25. The number of hydrogen-bond acceptors (Lipinski definition) is 4. The molecule has 122 valence electrons. The zero-order valence-electron chi connectivity index (χ0n) is 13.6. The molecule has 0 spiro atoms. The topological polar surface area (TPSA) is 63.4 Å². The maximum absolute atomic E-state index is 13.0. The summed E-state index contributed by atoms with van der Waals surface area (Å²) in [6, 6.07) is 7.39. The summed E-state index contributed by atoms with van der Waals surface area (Å²) < 4.78 is 1.99. The number of aryl methyl sites for hydroxylation is 1. The van der Waals surface area contributed by atoms with Gasteiger partial charge in [-0.15, -0.1) is 0 Å². The number of aromatic nitrogens is 4. The highest BCUT2D eigenvalue weighted by Crippen LogP contribution is 2.31. The Morgan fingerprint density at radius 2 is 2.21 bits per heavy atom. The fraction of sp³-hybridized carbons (Fsp3) is 0.333. The largest absolute Gasteiger partial charge is 0.327 e. The summed E-state index contributed by atoms with van der Waals surface area (Å²) in [5.41, 5.74) is 2.43. The van der Waals surface area contributed by atoms with Crippen molar-refractivity contribution in [1.29, 1.82) is 0 Å². The van der Waals surface area contributed by atoms with Crippen LogP contribution in [0.15, 0.2) is 43.0 Å². The van der Waals surface area contributed by atoms with Crippen LogP contribution in [-0.2, 0) is 0 Å². The Kier molecular flexibility index (Phi) is 3.72. The van der Waals surface area contributed by atoms with E-state index in [0.717, 1.165) is 42.8 Å². The summed E-state index contributed by atoms with van der Waals surface area (Å²) in [5, 5.41) is 0. The van der Waals surface area contributed by atoms with Gasteiger partial charge in [-0.3, -0.25) is 14.2 Å². The molecule has 0 aromatic carbocycles. The van der Waals surface area contributed by atoms with Crippen molar-refractivity contribution in [3.8, 4) is 0 Å². The molecular formula is C18H19N5O. The molecule has 1 amide bonds. The number of likely N-dealkylation sites (tertiary alicyclic amines) is 1. The fourth-order valence-corrected chi connectivity index (χ4v) is 3.40. The molecule has 0 saturated carbocycles. The van der Waals surface area contributed by atoms with Crippen LogP contribution < -0.4 is 0 Å². The molecule has 24 heavy (non-hydrogen) atoms. The summed E-state index contributed by atoms with van der Waals surface area (Å²) >= 11 is 0. The number of amides is 1. The second-order valence-corrected chi connectivity index (χ2v) is 6.17. The zero-order valence-corrected chi connectivity index (χ0v) is 13.6. The van der Waals surface area contributed by atoms with E-state index in [1.165, 1.54) is 0 Å². The highest BCUT2D eigenvalue weighted by molar-refractivity contribution is 5.92. The van der Waals surface area contributed by atoms with Crippen LogP contribution in [0.4, 0.5) is 0 Å². The van der Waals surface area contributed by atoms with E-state index in [0.29, 0.717) is 5.69 Å². The Hall–Kier alpha value is -2.76. The molecule has 0 bridgehead atoms. The summed E-state index contributed by atoms with van der Waals surface area (Å²) in [5.74, 6) is 0.850. The predicted octanol–water partition coefficient (Wildman–Crippen LogP) is 2.80. The average Bonchev–Trinajstić information content (AvgIpc) is 3.09. The van der Waals surface area contributed by atoms with Gasteiger partial charge in [0.05, 0.1) is 17.8 Å². The number of carbonyl (C=O) groups is 1. The van der Waals surface area contributed by atoms with Crippen LogP contribution in [0.5, 0.6) is 0 Å². The Labute approximate surface area is 140 Å². The molecule has 4 rings (SSSR count). The van der Waals surface area contributed by atoms with E-state index in [1.807, 2.05) is 40.6 Å². The minimum atomic E-state index is -0.0511. The third-order valence-corrected chi connectivity index (χ3v) is 4.51. The van der Waals surface area contributed by atoms with Crippen molar-refractivity contribution >= 4 is 11.4 Å². The first-order chi connectivity index (χ1) is 11.7. The number of hydrogen-bond donors (Lipinski definition) is 0. The molecule has 0 N–H and O–H groups in total. The van der Waals surface area contributed by atoms with E-state index < -0.39 is 0 Å². The van der Waals surface area contributed by atoms with Crippen molar-refractivity contribution in [1.82, 2.24) is 24.3 Å². The van der Waals surface area contributed by atoms with Crippen molar-refractivity contribution in [3.05, 3.63) is 60.2 Å². The molecule has 0 aliphatic carbocycles. The van der Waals surface area contributed by atoms with E-state index in [9.17, 15) is 4.79 Å². The van der Waals surface area contributed by atoms with Crippen LogP contribution in [0.1, 0.15) is 47.3 Å². The molecule has 1 aliphatic heterocycles. The third-order valence-electron chi connectivity index (χ3n) is 4.51. The van der Waals surface area contributed by atoms with Crippen molar-refractivity contribution in [2.24, 2.45) is 0 Å². The average molecular weight is 321 g/mol. The van der Waals surface area contributed by atoms with Crippen molar-refractivity contribution in [2.75, 3.05) is 6.54 Å². The van der Waals surface area contributed by atoms with Crippen LogP contribution in [0.3, 0.4) is 0 Å². The Morgan fingerprint density at radius 3 is 3.04 bits per heavy atom. The zero-order chi connectivity index (χ0) is 16.5. The Morgan fingerprint density at radius 1 is 1.29 bits per heavy atom. The van der Waals surface area contributed by atoms with Gasteiger partial charge < -0.3 is 4.90 Å². The highest BCUT2D eigenvalue weighted by Gasteiger charge is 2.31. The summed E-state index contributed by atoms with van der Waals surface area (Å²) in [6.07, 6.45) is 8.25. The minimum Gasteiger partial charge on any atom is -0.327 e. The van der Waals surface area contributed by atoms with Crippen LogP contribution in [0, 0.1) is 6.92 Å². The summed E-state index contributed by atoms with van der Waals surface area (Å²) in [6.45, 7) is 2.70. The molecule has 0 radical (unpaired) electrons. The maximum atomic E-state index is 13.0. The smallest absolute Gasteiger partial charge is 0.273 e. The Balaban J connectivity index is 1.77. The number of piperidine rings is 1. The number of nitrogens with zero attached hydrogens (tertiary/aromatic N) is 5. The van der Waals surface area contributed by atoms with Gasteiger partial charge in [0.2, 0.25) is 0 Å². The van der Waals surface area contributed by atoms with Gasteiger partial charge in [-0.05, 0) is 44.4 Å². The lowest BCUT2D eigenvalue weighted by atomic mass is 10.0. The fourth-order valence-electron chi connectivity index (χ4n) is 3.40. The first-order valence-electron chi connectivity index (χ1n) is 8.25. The minimum absolute atomic E-state index is 0.0307. The van der Waals surface area contributed by atoms with Crippen LogP contribution in [-0.4, -0.2) is 36.7 Å². The second kappa shape index (κ2) is 6.03. The van der Waals surface area contributed by atoms with Crippen molar-refractivity contribution in [3.63, 3.8) is 0 Å². The quantitative estimate of drug-likeness (QED) is 0.728. The molecule has 6 heteroatoms. The van der Waals surface area contributed by atoms with Gasteiger partial charge in [-0.25, -0.2) is 9.97 Å². The molecule has 1 saturated heterocycles. The van der Waals surface area contributed by atoms with E-state index in [4.69, 9.17) is 4.98 Å². The molecule has 6 nitrogen and oxygen atoms in total. The lowest BCUT2D eigenvalue weighted by Crippen LogP contribution is -2.40. The van der Waals surface area contributed by atoms with Gasteiger partial charge in [0.1, 0.15) is 17.8 Å². The van der Waals surface area contributed by atoms with Gasteiger partial charge in [-0.2, -0.15) is 0 Å². The number of carbonyl (C=O) groups excluding carboxylic acids is 1. The Bertz CT molecular complexity index is 874. The molecule has 3 aromatic heterocycles. The van der Waals surface area contributed by atoms with E-state index in [1.54, 1.807) is 18.6 Å². The van der Waals surface area contributed by atoms with Gasteiger partial charge in [-0.1, -0.05) is 6.07 Å². The number of rotatable bonds is 2. The van der Waals surface area contributed by atoms with Gasteiger partial charge in [0.25, 0.3) is 5.91 Å². The second-order valence-electron chi connectivity index (χ2n) is 6.17. The molecular weight excluding hydrogens is 302 g/mol. The normalized spacial score (nSPS) is 18.0. The molecule has 1 aliphatic rings. The van der Waals surface area contributed by atoms with E-state index in [2.05, 4.69) is 9.97 Å². The third kappa shape index (κ3) is 2.54. The SMILES string of the molecule is Cc1cc2cncn2c(C2CCCCN2C(=O)c2ccccn2)n1. The number of fused-ring (bicyclic) bond motifs is 1. The van der Waals surface area contributed by atoms with Gasteiger partial charge in [0.15, 0.2) is 0 Å². The monoisotopic (exact) mass is 321 g/mol. The first kappa shape index (κ1) is 14.8. The van der Waals surface area contributed by atoms with Crippen LogP contribution in [0.2, 0.25) is 0 Å². The predicted molar refractivity (Wildman–Crippen MR) is 89.6 cm³/mol. The lowest BCUT2D eigenvalue weighted by molar-refractivity contribution is 0.0592. The standard InChI is InChI=1S/C18H19N5O/c1-13-10-14-11-19-12-23(14)17(21-13)16-7-3-5-9-22(16)18(24)15-6-2-4-8-20-15/h2,4,6,8,10-12,16H,3,5,7,9H2,1H3. The molecule has 4 heterocycles. The maximum Gasteiger partial charge on any atom is 0.273 e. The van der Waals surface area contributed by atoms with Gasteiger partial charge >= 0.3 is 0 Å². The molecule has 1 atom stereocenters. The number of pyridine rings is 1. The van der Waals surface area contributed by atoms with E-state index in [-0.39, 0.29) is 11.9 Å². The van der Waals surface area contributed by atoms with Crippen LogP contribution in [0.25, 0.3) is 5.52 Å². The lowest BCUT2D eigenvalue weighted by Gasteiger charge is -2.35. The molecule has 3 aromatic rings. The molecule has 1 fully saturated rings. The highest BCUT2D eigenvalue weighted by atomic mass is 16.2.